The average Bonchev–Trinajstić information content (AvgIpc) is 3.33. The standard InChI is InChI=1S/C22H20ClN5O/c23-19-3-1-2-15(8-19)9-24-22(29)18-10-25-28(12-18)14-20-13-27-11-17(16-4-5-16)6-7-21(27)26-20/h1-3,6-8,10-13,16H,4-5,9,14H2,(H,24,29). The fourth-order valence-corrected chi connectivity index (χ4v) is 3.67. The second-order valence-electron chi connectivity index (χ2n) is 7.47. The van der Waals surface area contributed by atoms with Crippen molar-refractivity contribution in [3.05, 3.63) is 88.6 Å². The first kappa shape index (κ1) is 17.9. The Hall–Kier alpha value is -3.12. The number of halogens is 1. The number of benzene rings is 1. The van der Waals surface area contributed by atoms with Crippen LogP contribution in [0.25, 0.3) is 5.65 Å². The largest absolute Gasteiger partial charge is 0.348 e. The van der Waals surface area contributed by atoms with E-state index in [0.717, 1.165) is 16.9 Å². The van der Waals surface area contributed by atoms with Crippen LogP contribution in [0.1, 0.15) is 45.9 Å². The van der Waals surface area contributed by atoms with Crippen molar-refractivity contribution in [3.63, 3.8) is 0 Å². The van der Waals surface area contributed by atoms with Crippen LogP contribution in [-0.4, -0.2) is 25.1 Å². The molecule has 29 heavy (non-hydrogen) atoms. The SMILES string of the molecule is O=C(NCc1cccc(Cl)c1)c1cnn(Cc2cn3cc(C4CC4)ccc3n2)c1. The van der Waals surface area contributed by atoms with Crippen molar-refractivity contribution in [1.29, 1.82) is 0 Å². The monoisotopic (exact) mass is 405 g/mol. The van der Waals surface area contributed by atoms with Crippen molar-refractivity contribution in [1.82, 2.24) is 24.5 Å². The van der Waals surface area contributed by atoms with Gasteiger partial charge in [-0.2, -0.15) is 5.10 Å². The number of pyridine rings is 1. The summed E-state index contributed by atoms with van der Waals surface area (Å²) in [6, 6.07) is 11.7. The summed E-state index contributed by atoms with van der Waals surface area (Å²) in [5.74, 6) is 0.546. The fourth-order valence-electron chi connectivity index (χ4n) is 3.46. The van der Waals surface area contributed by atoms with Crippen LogP contribution in [-0.2, 0) is 13.1 Å². The molecule has 3 heterocycles. The van der Waals surface area contributed by atoms with Gasteiger partial charge in [0.1, 0.15) is 5.65 Å². The van der Waals surface area contributed by atoms with E-state index in [1.807, 2.05) is 30.5 Å². The van der Waals surface area contributed by atoms with Crippen molar-refractivity contribution in [3.8, 4) is 0 Å². The molecule has 1 amide bonds. The van der Waals surface area contributed by atoms with E-state index in [9.17, 15) is 4.79 Å². The quantitative estimate of drug-likeness (QED) is 0.526. The van der Waals surface area contributed by atoms with Crippen LogP contribution in [0.4, 0.5) is 0 Å². The highest BCUT2D eigenvalue weighted by atomic mass is 35.5. The summed E-state index contributed by atoms with van der Waals surface area (Å²) in [6.07, 6.45) is 10.1. The van der Waals surface area contributed by atoms with Gasteiger partial charge in [0.05, 0.1) is 24.0 Å². The molecule has 7 heteroatoms. The lowest BCUT2D eigenvalue weighted by Gasteiger charge is -2.04. The number of nitrogens with zero attached hydrogens (tertiary/aromatic N) is 4. The molecular formula is C22H20ClN5O. The molecule has 0 bridgehead atoms. The maximum Gasteiger partial charge on any atom is 0.254 e. The number of fused-ring (bicyclic) bond motifs is 1. The lowest BCUT2D eigenvalue weighted by atomic mass is 10.2. The Labute approximate surface area is 173 Å². The fraction of sp³-hybridized carbons (Fsp3) is 0.227. The zero-order chi connectivity index (χ0) is 19.8. The molecule has 146 valence electrons. The van der Waals surface area contributed by atoms with Gasteiger partial charge in [0.25, 0.3) is 5.91 Å². The molecule has 0 atom stereocenters. The van der Waals surface area contributed by atoms with Crippen LogP contribution < -0.4 is 5.32 Å². The van der Waals surface area contributed by atoms with E-state index < -0.39 is 0 Å². The Morgan fingerprint density at radius 3 is 2.90 bits per heavy atom. The molecule has 3 aromatic heterocycles. The Balaban J connectivity index is 1.25. The first-order valence-electron chi connectivity index (χ1n) is 9.67. The number of amides is 1. The molecule has 4 aromatic rings. The predicted octanol–water partition coefficient (Wildman–Crippen LogP) is 4.04. The van der Waals surface area contributed by atoms with Crippen molar-refractivity contribution in [2.75, 3.05) is 0 Å². The van der Waals surface area contributed by atoms with Crippen LogP contribution in [0, 0.1) is 0 Å². The van der Waals surface area contributed by atoms with E-state index in [4.69, 9.17) is 11.6 Å². The molecular weight excluding hydrogens is 386 g/mol. The Morgan fingerprint density at radius 1 is 1.17 bits per heavy atom. The number of hydrogen-bond donors (Lipinski definition) is 1. The lowest BCUT2D eigenvalue weighted by molar-refractivity contribution is 0.0951. The summed E-state index contributed by atoms with van der Waals surface area (Å²) in [7, 11) is 0. The summed E-state index contributed by atoms with van der Waals surface area (Å²) >= 11 is 5.98. The maximum absolute atomic E-state index is 12.4. The van der Waals surface area contributed by atoms with Crippen molar-refractivity contribution in [2.45, 2.75) is 31.8 Å². The molecule has 1 aliphatic carbocycles. The number of carbonyl (C=O) groups excluding carboxylic acids is 1. The van der Waals surface area contributed by atoms with E-state index in [1.165, 1.54) is 18.4 Å². The van der Waals surface area contributed by atoms with Gasteiger partial charge in [0, 0.05) is 30.2 Å². The van der Waals surface area contributed by atoms with Gasteiger partial charge in [-0.25, -0.2) is 4.98 Å². The minimum Gasteiger partial charge on any atom is -0.348 e. The van der Waals surface area contributed by atoms with Gasteiger partial charge < -0.3 is 9.72 Å². The van der Waals surface area contributed by atoms with Gasteiger partial charge in [0.15, 0.2) is 0 Å². The molecule has 0 saturated heterocycles. The third kappa shape index (κ3) is 4.03. The second-order valence-corrected chi connectivity index (χ2v) is 7.91. The predicted molar refractivity (Wildman–Crippen MR) is 111 cm³/mol. The first-order chi connectivity index (χ1) is 14.1. The summed E-state index contributed by atoms with van der Waals surface area (Å²) in [4.78, 5) is 17.1. The number of aromatic nitrogens is 4. The van der Waals surface area contributed by atoms with Gasteiger partial charge in [-0.05, 0) is 48.1 Å². The van der Waals surface area contributed by atoms with E-state index in [2.05, 4.69) is 38.1 Å². The first-order valence-corrected chi connectivity index (χ1v) is 10.0. The molecule has 1 aromatic carbocycles. The molecule has 1 N–H and O–H groups in total. The minimum atomic E-state index is -0.166. The van der Waals surface area contributed by atoms with E-state index in [-0.39, 0.29) is 5.91 Å². The normalized spacial score (nSPS) is 13.7. The molecule has 0 radical (unpaired) electrons. The molecule has 6 nitrogen and oxygen atoms in total. The summed E-state index contributed by atoms with van der Waals surface area (Å²) < 4.78 is 3.81. The molecule has 0 aliphatic heterocycles. The highest BCUT2D eigenvalue weighted by molar-refractivity contribution is 6.30. The number of nitrogens with one attached hydrogen (secondary N) is 1. The third-order valence-corrected chi connectivity index (χ3v) is 5.37. The molecule has 1 saturated carbocycles. The second kappa shape index (κ2) is 7.37. The third-order valence-electron chi connectivity index (χ3n) is 5.13. The zero-order valence-electron chi connectivity index (χ0n) is 15.8. The van der Waals surface area contributed by atoms with Gasteiger partial charge in [-0.3, -0.25) is 9.48 Å². The van der Waals surface area contributed by atoms with Gasteiger partial charge in [0.2, 0.25) is 0 Å². The summed E-state index contributed by atoms with van der Waals surface area (Å²) in [5, 5.41) is 7.86. The Morgan fingerprint density at radius 2 is 2.07 bits per heavy atom. The van der Waals surface area contributed by atoms with Gasteiger partial charge in [-0.1, -0.05) is 29.8 Å². The summed E-state index contributed by atoms with van der Waals surface area (Å²) in [5.41, 5.74) is 4.68. The van der Waals surface area contributed by atoms with E-state index in [1.54, 1.807) is 17.1 Å². The number of imidazole rings is 1. The summed E-state index contributed by atoms with van der Waals surface area (Å²) in [6.45, 7) is 0.933. The highest BCUT2D eigenvalue weighted by Crippen LogP contribution is 2.39. The number of carbonyl (C=O) groups is 1. The van der Waals surface area contributed by atoms with Crippen LogP contribution in [0.3, 0.4) is 0 Å². The molecule has 0 spiro atoms. The van der Waals surface area contributed by atoms with Crippen LogP contribution in [0.15, 0.2) is 61.2 Å². The van der Waals surface area contributed by atoms with E-state index in [0.29, 0.717) is 29.6 Å². The minimum absolute atomic E-state index is 0.166. The van der Waals surface area contributed by atoms with Crippen LogP contribution in [0.5, 0.6) is 0 Å². The molecule has 1 fully saturated rings. The Bertz CT molecular complexity index is 1190. The van der Waals surface area contributed by atoms with Crippen LogP contribution >= 0.6 is 11.6 Å². The maximum atomic E-state index is 12.4. The lowest BCUT2D eigenvalue weighted by Crippen LogP contribution is -2.22. The van der Waals surface area contributed by atoms with Crippen LogP contribution in [0.2, 0.25) is 5.02 Å². The smallest absolute Gasteiger partial charge is 0.254 e. The van der Waals surface area contributed by atoms with Gasteiger partial charge >= 0.3 is 0 Å². The number of rotatable bonds is 6. The molecule has 0 unspecified atom stereocenters. The highest BCUT2D eigenvalue weighted by Gasteiger charge is 2.23. The van der Waals surface area contributed by atoms with Crippen molar-refractivity contribution in [2.24, 2.45) is 0 Å². The number of hydrogen-bond acceptors (Lipinski definition) is 3. The average molecular weight is 406 g/mol. The Kier molecular flexibility index (Phi) is 4.56. The molecule has 1 aliphatic rings. The zero-order valence-corrected chi connectivity index (χ0v) is 16.5. The topological polar surface area (TPSA) is 64.2 Å². The van der Waals surface area contributed by atoms with Crippen molar-refractivity contribution >= 4 is 23.2 Å². The van der Waals surface area contributed by atoms with Crippen molar-refractivity contribution < 1.29 is 4.79 Å². The van der Waals surface area contributed by atoms with Gasteiger partial charge in [-0.15, -0.1) is 0 Å². The van der Waals surface area contributed by atoms with E-state index >= 15 is 0 Å². The molecule has 5 rings (SSSR count).